The standard InChI is InChI=1S/C22H33N3O.HI/c1-23-22(24-21-15-20(21)18-9-3-2-4-10-18)25-13-11-19(12-14-25)26-16-17-7-5-6-8-17;/h2-4,9-10,17,19-21H,5-8,11-16H2,1H3,(H,23,24);1H. The second-order valence-corrected chi connectivity index (χ2v) is 8.22. The lowest BCUT2D eigenvalue weighted by Crippen LogP contribution is -2.47. The number of guanidine groups is 1. The van der Waals surface area contributed by atoms with Gasteiger partial charge in [0.25, 0.3) is 0 Å². The molecule has 4 rings (SSSR count). The number of rotatable bonds is 5. The summed E-state index contributed by atoms with van der Waals surface area (Å²) in [7, 11) is 1.91. The summed E-state index contributed by atoms with van der Waals surface area (Å²) >= 11 is 0. The van der Waals surface area contributed by atoms with Crippen molar-refractivity contribution in [2.75, 3.05) is 26.7 Å². The highest BCUT2D eigenvalue weighted by atomic mass is 127. The van der Waals surface area contributed by atoms with Crippen LogP contribution in [-0.4, -0.2) is 49.7 Å². The van der Waals surface area contributed by atoms with E-state index in [2.05, 4.69) is 45.5 Å². The van der Waals surface area contributed by atoms with Gasteiger partial charge in [0, 0.05) is 38.7 Å². The molecule has 1 N–H and O–H groups in total. The van der Waals surface area contributed by atoms with Crippen LogP contribution >= 0.6 is 24.0 Å². The van der Waals surface area contributed by atoms with Gasteiger partial charge in [-0.05, 0) is 43.6 Å². The van der Waals surface area contributed by atoms with Crippen LogP contribution in [0.3, 0.4) is 0 Å². The predicted molar refractivity (Wildman–Crippen MR) is 122 cm³/mol. The van der Waals surface area contributed by atoms with Gasteiger partial charge in [0.1, 0.15) is 0 Å². The average Bonchev–Trinajstić information content (AvgIpc) is 3.27. The molecule has 0 bridgehead atoms. The van der Waals surface area contributed by atoms with Crippen molar-refractivity contribution in [3.63, 3.8) is 0 Å². The maximum atomic E-state index is 6.21. The van der Waals surface area contributed by atoms with E-state index >= 15 is 0 Å². The number of nitrogens with one attached hydrogen (secondary N) is 1. The van der Waals surface area contributed by atoms with Crippen LogP contribution in [0.5, 0.6) is 0 Å². The summed E-state index contributed by atoms with van der Waals surface area (Å²) in [6.45, 7) is 3.09. The lowest BCUT2D eigenvalue weighted by Gasteiger charge is -2.34. The van der Waals surface area contributed by atoms with Gasteiger partial charge in [0.05, 0.1) is 6.10 Å². The van der Waals surface area contributed by atoms with Crippen LogP contribution in [0, 0.1) is 5.92 Å². The molecule has 5 heteroatoms. The number of benzene rings is 1. The van der Waals surface area contributed by atoms with E-state index in [9.17, 15) is 0 Å². The van der Waals surface area contributed by atoms with E-state index in [-0.39, 0.29) is 24.0 Å². The molecular weight excluding hydrogens is 449 g/mol. The number of hydrogen-bond acceptors (Lipinski definition) is 2. The molecule has 0 radical (unpaired) electrons. The van der Waals surface area contributed by atoms with E-state index in [0.717, 1.165) is 44.4 Å². The zero-order valence-corrected chi connectivity index (χ0v) is 18.8. The molecule has 4 nitrogen and oxygen atoms in total. The maximum absolute atomic E-state index is 6.21. The molecule has 2 aliphatic carbocycles. The maximum Gasteiger partial charge on any atom is 0.193 e. The van der Waals surface area contributed by atoms with Gasteiger partial charge in [0.15, 0.2) is 5.96 Å². The first-order valence-corrected chi connectivity index (χ1v) is 10.5. The zero-order chi connectivity index (χ0) is 17.8. The van der Waals surface area contributed by atoms with E-state index in [1.54, 1.807) is 0 Å². The Morgan fingerprint density at radius 2 is 1.81 bits per heavy atom. The van der Waals surface area contributed by atoms with Gasteiger partial charge in [0.2, 0.25) is 0 Å². The second kappa shape index (κ2) is 10.1. The molecule has 1 aromatic carbocycles. The fraction of sp³-hybridized carbons (Fsp3) is 0.682. The first kappa shape index (κ1) is 20.9. The molecule has 2 unspecified atom stereocenters. The molecule has 0 aromatic heterocycles. The summed E-state index contributed by atoms with van der Waals surface area (Å²) in [6.07, 6.45) is 9.46. The monoisotopic (exact) mass is 483 g/mol. The van der Waals surface area contributed by atoms with Crippen LogP contribution in [0.2, 0.25) is 0 Å². The van der Waals surface area contributed by atoms with Crippen LogP contribution < -0.4 is 5.32 Å². The van der Waals surface area contributed by atoms with E-state index < -0.39 is 0 Å². The fourth-order valence-electron chi connectivity index (χ4n) is 4.57. The van der Waals surface area contributed by atoms with Crippen molar-refractivity contribution < 1.29 is 4.74 Å². The Hall–Kier alpha value is -0.820. The molecule has 0 spiro atoms. The Morgan fingerprint density at radius 3 is 2.48 bits per heavy atom. The molecule has 0 amide bonds. The third kappa shape index (κ3) is 5.59. The smallest absolute Gasteiger partial charge is 0.193 e. The summed E-state index contributed by atoms with van der Waals surface area (Å²) in [4.78, 5) is 6.96. The lowest BCUT2D eigenvalue weighted by molar-refractivity contribution is 0.00101. The summed E-state index contributed by atoms with van der Waals surface area (Å²) in [5, 5.41) is 3.69. The number of likely N-dealkylation sites (tertiary alicyclic amines) is 1. The van der Waals surface area contributed by atoms with Gasteiger partial charge >= 0.3 is 0 Å². The normalized spacial score (nSPS) is 26.7. The number of ether oxygens (including phenoxy) is 1. The molecule has 3 fully saturated rings. The first-order chi connectivity index (χ1) is 12.8. The molecule has 3 aliphatic rings. The highest BCUT2D eigenvalue weighted by Gasteiger charge is 2.39. The number of piperidine rings is 1. The molecule has 1 aliphatic heterocycles. The Kier molecular flexibility index (Phi) is 7.82. The van der Waals surface area contributed by atoms with Crippen molar-refractivity contribution >= 4 is 29.9 Å². The Bertz CT molecular complexity index is 595. The van der Waals surface area contributed by atoms with Gasteiger partial charge < -0.3 is 15.0 Å². The first-order valence-electron chi connectivity index (χ1n) is 10.5. The molecule has 1 heterocycles. The zero-order valence-electron chi connectivity index (χ0n) is 16.5. The Morgan fingerprint density at radius 1 is 1.11 bits per heavy atom. The molecule has 27 heavy (non-hydrogen) atoms. The largest absolute Gasteiger partial charge is 0.378 e. The average molecular weight is 483 g/mol. The van der Waals surface area contributed by atoms with Crippen molar-refractivity contribution in [2.45, 2.75) is 63.0 Å². The minimum absolute atomic E-state index is 0. The van der Waals surface area contributed by atoms with Crippen molar-refractivity contribution in [1.82, 2.24) is 10.2 Å². The van der Waals surface area contributed by atoms with Gasteiger partial charge in [-0.25, -0.2) is 0 Å². The molecular formula is C22H34IN3O. The summed E-state index contributed by atoms with van der Waals surface area (Å²) in [6, 6.07) is 11.4. The lowest BCUT2D eigenvalue weighted by atomic mass is 10.1. The summed E-state index contributed by atoms with van der Waals surface area (Å²) in [5.74, 6) is 2.54. The van der Waals surface area contributed by atoms with Gasteiger partial charge in [-0.3, -0.25) is 4.99 Å². The van der Waals surface area contributed by atoms with E-state index in [4.69, 9.17) is 4.74 Å². The minimum Gasteiger partial charge on any atom is -0.378 e. The third-order valence-electron chi connectivity index (χ3n) is 6.33. The molecule has 1 aromatic rings. The van der Waals surface area contributed by atoms with Crippen LogP contribution in [0.4, 0.5) is 0 Å². The quantitative estimate of drug-likeness (QED) is 0.383. The van der Waals surface area contributed by atoms with E-state index in [1.165, 1.54) is 37.7 Å². The van der Waals surface area contributed by atoms with Gasteiger partial charge in [-0.2, -0.15) is 0 Å². The fourth-order valence-corrected chi connectivity index (χ4v) is 4.57. The van der Waals surface area contributed by atoms with E-state index in [0.29, 0.717) is 18.1 Å². The predicted octanol–water partition coefficient (Wildman–Crippen LogP) is 4.41. The van der Waals surface area contributed by atoms with Crippen LogP contribution in [0.15, 0.2) is 35.3 Å². The number of hydrogen-bond donors (Lipinski definition) is 1. The Labute approximate surface area is 181 Å². The summed E-state index contributed by atoms with van der Waals surface area (Å²) < 4.78 is 6.21. The van der Waals surface area contributed by atoms with Crippen molar-refractivity contribution in [1.29, 1.82) is 0 Å². The third-order valence-corrected chi connectivity index (χ3v) is 6.33. The number of nitrogens with zero attached hydrogens (tertiary/aromatic N) is 2. The Balaban J connectivity index is 0.00000210. The van der Waals surface area contributed by atoms with Crippen LogP contribution in [0.25, 0.3) is 0 Å². The topological polar surface area (TPSA) is 36.9 Å². The minimum atomic E-state index is 0. The highest BCUT2D eigenvalue weighted by Crippen LogP contribution is 2.40. The van der Waals surface area contributed by atoms with Crippen LogP contribution in [-0.2, 0) is 4.74 Å². The van der Waals surface area contributed by atoms with Crippen molar-refractivity contribution in [2.24, 2.45) is 10.9 Å². The van der Waals surface area contributed by atoms with Crippen molar-refractivity contribution in [3.8, 4) is 0 Å². The summed E-state index contributed by atoms with van der Waals surface area (Å²) in [5.41, 5.74) is 1.44. The molecule has 2 saturated carbocycles. The molecule has 1 saturated heterocycles. The van der Waals surface area contributed by atoms with Gasteiger partial charge in [-0.15, -0.1) is 24.0 Å². The molecule has 150 valence electrons. The van der Waals surface area contributed by atoms with E-state index in [1.807, 2.05) is 7.05 Å². The van der Waals surface area contributed by atoms with Crippen molar-refractivity contribution in [3.05, 3.63) is 35.9 Å². The second-order valence-electron chi connectivity index (χ2n) is 8.22. The van der Waals surface area contributed by atoms with Crippen LogP contribution in [0.1, 0.15) is 56.4 Å². The highest BCUT2D eigenvalue weighted by molar-refractivity contribution is 14.0. The number of halogens is 1. The molecule has 2 atom stereocenters. The SMILES string of the molecule is CN=C(NC1CC1c1ccccc1)N1CCC(OCC2CCCC2)CC1.I. The van der Waals surface area contributed by atoms with Gasteiger partial charge in [-0.1, -0.05) is 43.2 Å². The number of aliphatic imine (C=N–C) groups is 1.